The van der Waals surface area contributed by atoms with E-state index in [1.807, 2.05) is 0 Å². The molecule has 5 heterocycles. The molecule has 0 amide bonds. The van der Waals surface area contributed by atoms with Gasteiger partial charge in [0.05, 0.1) is 39.8 Å². The van der Waals surface area contributed by atoms with E-state index in [4.69, 9.17) is 4.98 Å². The molecule has 16 rings (SSSR count). The van der Waals surface area contributed by atoms with Crippen LogP contribution in [0.3, 0.4) is 0 Å². The molecular weight excluding hydrogens is 962 g/mol. The van der Waals surface area contributed by atoms with E-state index >= 15 is 0 Å². The number of benzene rings is 11. The summed E-state index contributed by atoms with van der Waals surface area (Å²) in [5.41, 5.74) is 23.0. The van der Waals surface area contributed by atoms with Crippen LogP contribution in [-0.2, 0) is 0 Å². The van der Waals surface area contributed by atoms with Gasteiger partial charge in [-0.15, -0.1) is 0 Å². The Morgan fingerprint density at radius 1 is 0.278 bits per heavy atom. The molecule has 0 fully saturated rings. The summed E-state index contributed by atoms with van der Waals surface area (Å²) >= 11 is 0. The summed E-state index contributed by atoms with van der Waals surface area (Å²) in [4.78, 5) is 20.7. The number of nitrogens with zero attached hydrogens (tertiary/aromatic N) is 7. The zero-order valence-electron chi connectivity index (χ0n) is 42.9. The van der Waals surface area contributed by atoms with E-state index in [9.17, 15) is 0 Å². The second kappa shape index (κ2) is 18.0. The van der Waals surface area contributed by atoms with Gasteiger partial charge in [-0.1, -0.05) is 170 Å². The van der Waals surface area contributed by atoms with Crippen LogP contribution >= 0.6 is 0 Å². The molecule has 0 saturated carbocycles. The SMILES string of the molecule is c1ccc(-c2cc3c4c(c2)N(c2ccccc2)c2cc5c(cc2N4c2ccccc2N3c2ccccc2)B2c3ccccc3N(c3ccccc3)c3cc(N(c4ccccc4)c4ccccc4)nc(c32)N5c2ccccc2)cc1. The van der Waals surface area contributed by atoms with E-state index in [1.165, 1.54) is 10.9 Å². The third-order valence-electron chi connectivity index (χ3n) is 16.0. The molecule has 79 heavy (non-hydrogen) atoms. The van der Waals surface area contributed by atoms with Crippen LogP contribution < -0.4 is 45.8 Å². The first-order chi connectivity index (χ1) is 39.2. The standard InChI is InChI=1S/C71H48BN7/c1-8-26-49(27-9-1)50-44-66-70-67(45-50)77(55-36-18-6-19-37-55)64-47-62-58(46-63(64)79(70)61-43-25-24-42-60(61)76(66)54-34-16-5-17-35-54)72-57-40-22-23-41-59(57)75(53-32-14-4-15-33-53)65-48-68(73-71(69(65)72)78(62)56-38-20-7-21-39-56)74(51-28-10-2-11-29-51)52-30-12-3-13-31-52/h1-48H. The van der Waals surface area contributed by atoms with Gasteiger partial charge < -0.3 is 19.6 Å². The molecule has 0 unspecified atom stereocenters. The first kappa shape index (κ1) is 44.7. The molecule has 4 aliphatic heterocycles. The van der Waals surface area contributed by atoms with Crippen molar-refractivity contribution in [1.82, 2.24) is 4.98 Å². The van der Waals surface area contributed by atoms with E-state index < -0.39 is 0 Å². The van der Waals surface area contributed by atoms with E-state index in [-0.39, 0.29) is 6.71 Å². The monoisotopic (exact) mass is 1010 g/mol. The van der Waals surface area contributed by atoms with Gasteiger partial charge in [-0.25, -0.2) is 4.98 Å². The quantitative estimate of drug-likeness (QED) is 0.140. The fourth-order valence-electron chi connectivity index (χ4n) is 12.7. The minimum Gasteiger partial charge on any atom is -0.311 e. The Morgan fingerprint density at radius 3 is 1.24 bits per heavy atom. The number of rotatable bonds is 8. The highest BCUT2D eigenvalue weighted by atomic mass is 15.3. The van der Waals surface area contributed by atoms with Gasteiger partial charge in [-0.05, 0) is 143 Å². The van der Waals surface area contributed by atoms with Crippen molar-refractivity contribution in [2.24, 2.45) is 0 Å². The maximum atomic E-state index is 6.00. The Labute approximate surface area is 460 Å². The zero-order chi connectivity index (χ0) is 52.0. The average Bonchev–Trinajstić information content (AvgIpc) is 2.83. The average molecular weight is 1010 g/mol. The predicted molar refractivity (Wildman–Crippen MR) is 330 cm³/mol. The second-order valence-corrected chi connectivity index (χ2v) is 20.4. The van der Waals surface area contributed by atoms with Crippen LogP contribution in [0, 0.1) is 0 Å². The Balaban J connectivity index is 1.03. The number of pyridine rings is 1. The molecular formula is C71H48BN7. The van der Waals surface area contributed by atoms with Gasteiger partial charge >= 0.3 is 0 Å². The molecule has 0 N–H and O–H groups in total. The maximum absolute atomic E-state index is 6.00. The lowest BCUT2D eigenvalue weighted by Gasteiger charge is -2.49. The normalized spacial score (nSPS) is 13.2. The summed E-state index contributed by atoms with van der Waals surface area (Å²) in [6.45, 7) is -0.211. The Morgan fingerprint density at radius 2 is 0.696 bits per heavy atom. The van der Waals surface area contributed by atoms with Gasteiger partial charge in [-0.3, -0.25) is 9.80 Å². The van der Waals surface area contributed by atoms with Crippen LogP contribution in [-0.4, -0.2) is 11.7 Å². The lowest BCUT2D eigenvalue weighted by atomic mass is 9.33. The summed E-state index contributed by atoms with van der Waals surface area (Å²) < 4.78 is 0. The lowest BCUT2D eigenvalue weighted by molar-refractivity contribution is 1.11. The van der Waals surface area contributed by atoms with E-state index in [1.54, 1.807) is 0 Å². The highest BCUT2D eigenvalue weighted by Crippen LogP contribution is 2.65. The van der Waals surface area contributed by atoms with Crippen LogP contribution in [0.1, 0.15) is 0 Å². The van der Waals surface area contributed by atoms with E-state index in [0.717, 1.165) is 119 Å². The molecule has 0 saturated heterocycles. The van der Waals surface area contributed by atoms with Gasteiger partial charge in [0, 0.05) is 57.3 Å². The molecule has 1 aromatic heterocycles. The molecule has 7 nitrogen and oxygen atoms in total. The van der Waals surface area contributed by atoms with Crippen molar-refractivity contribution in [2.45, 2.75) is 0 Å². The van der Waals surface area contributed by atoms with Crippen molar-refractivity contribution >= 4 is 126 Å². The Kier molecular flexibility index (Phi) is 10.2. The second-order valence-electron chi connectivity index (χ2n) is 20.4. The van der Waals surface area contributed by atoms with Crippen molar-refractivity contribution < 1.29 is 0 Å². The van der Waals surface area contributed by atoms with Crippen LogP contribution in [0.5, 0.6) is 0 Å². The summed E-state index contributed by atoms with van der Waals surface area (Å²) in [6, 6.07) is 105. The first-order valence-electron chi connectivity index (χ1n) is 27.0. The molecule has 370 valence electrons. The van der Waals surface area contributed by atoms with E-state index in [2.05, 4.69) is 321 Å². The van der Waals surface area contributed by atoms with Crippen LogP contribution in [0.25, 0.3) is 11.1 Å². The molecule has 4 aliphatic rings. The van der Waals surface area contributed by atoms with Crippen LogP contribution in [0.4, 0.5) is 103 Å². The highest BCUT2D eigenvalue weighted by molar-refractivity contribution is 7.00. The fraction of sp³-hybridized carbons (Fsp3) is 0. The first-order valence-corrected chi connectivity index (χ1v) is 27.0. The number of anilines is 18. The van der Waals surface area contributed by atoms with Gasteiger partial charge in [0.15, 0.2) is 0 Å². The maximum Gasteiger partial charge on any atom is 0.254 e. The van der Waals surface area contributed by atoms with Gasteiger partial charge in [-0.2, -0.15) is 0 Å². The fourth-order valence-corrected chi connectivity index (χ4v) is 12.7. The number of fused-ring (bicyclic) bond motifs is 8. The molecule has 11 aromatic carbocycles. The van der Waals surface area contributed by atoms with Crippen molar-refractivity contribution in [3.05, 3.63) is 291 Å². The number of hydrogen-bond donors (Lipinski definition) is 0. The van der Waals surface area contributed by atoms with Gasteiger partial charge in [0.2, 0.25) is 0 Å². The lowest BCUT2D eigenvalue weighted by Crippen LogP contribution is -2.61. The third-order valence-corrected chi connectivity index (χ3v) is 16.0. The van der Waals surface area contributed by atoms with Gasteiger partial charge in [0.1, 0.15) is 11.6 Å². The molecule has 12 aromatic rings. The molecule has 8 heteroatoms. The van der Waals surface area contributed by atoms with Gasteiger partial charge in [0.25, 0.3) is 6.71 Å². The van der Waals surface area contributed by atoms with E-state index in [0.29, 0.717) is 0 Å². The molecule has 0 bridgehead atoms. The molecule has 0 radical (unpaired) electrons. The summed E-state index contributed by atoms with van der Waals surface area (Å²) in [7, 11) is 0. The predicted octanol–water partition coefficient (Wildman–Crippen LogP) is 17.3. The minimum atomic E-state index is -0.211. The van der Waals surface area contributed by atoms with Crippen LogP contribution in [0.2, 0.25) is 0 Å². The van der Waals surface area contributed by atoms with Crippen molar-refractivity contribution in [3.63, 3.8) is 0 Å². The zero-order valence-corrected chi connectivity index (χ0v) is 42.9. The van der Waals surface area contributed by atoms with Crippen molar-refractivity contribution in [2.75, 3.05) is 29.4 Å². The smallest absolute Gasteiger partial charge is 0.254 e. The van der Waals surface area contributed by atoms with Crippen molar-refractivity contribution in [1.29, 1.82) is 0 Å². The number of para-hydroxylation sites is 9. The topological polar surface area (TPSA) is 32.3 Å². The largest absolute Gasteiger partial charge is 0.311 e. The molecule has 0 aliphatic carbocycles. The van der Waals surface area contributed by atoms with Crippen LogP contribution in [0.15, 0.2) is 291 Å². The molecule has 0 atom stereocenters. The Bertz CT molecular complexity index is 4240. The summed E-state index contributed by atoms with van der Waals surface area (Å²) in [6.07, 6.45) is 0. The Hall–Kier alpha value is -10.6. The van der Waals surface area contributed by atoms with Crippen molar-refractivity contribution in [3.8, 4) is 11.1 Å². The molecule has 0 spiro atoms. The third kappa shape index (κ3) is 6.98. The summed E-state index contributed by atoms with van der Waals surface area (Å²) in [5.74, 6) is 1.68. The summed E-state index contributed by atoms with van der Waals surface area (Å²) in [5, 5.41) is 0. The highest BCUT2D eigenvalue weighted by Gasteiger charge is 2.48. The number of aromatic nitrogens is 1. The minimum absolute atomic E-state index is 0.211. The number of hydrogen-bond acceptors (Lipinski definition) is 7.